The first-order chi connectivity index (χ1) is 14.1. The zero-order valence-corrected chi connectivity index (χ0v) is 17.3. The van der Waals surface area contributed by atoms with Crippen molar-refractivity contribution in [3.05, 3.63) is 54.6 Å². The van der Waals surface area contributed by atoms with Gasteiger partial charge in [-0.1, -0.05) is 53.4 Å². The average molecular weight is 426 g/mol. The SMILES string of the molecule is C[C@H]1CC(=O)Nc2ccccc2N1C(=O)CSc1nnc(Nc2ccccc2)s1. The maximum atomic E-state index is 13.0. The number of amides is 2. The highest BCUT2D eigenvalue weighted by Crippen LogP contribution is 2.33. The van der Waals surface area contributed by atoms with E-state index in [0.717, 1.165) is 11.4 Å². The number of hydrogen-bond donors (Lipinski definition) is 2. The fourth-order valence-electron chi connectivity index (χ4n) is 3.12. The number of para-hydroxylation sites is 3. The number of nitrogens with one attached hydrogen (secondary N) is 2. The molecule has 0 saturated carbocycles. The largest absolute Gasteiger partial charge is 0.330 e. The van der Waals surface area contributed by atoms with E-state index in [1.54, 1.807) is 4.90 Å². The van der Waals surface area contributed by atoms with Crippen LogP contribution in [0.15, 0.2) is 58.9 Å². The first-order valence-electron chi connectivity index (χ1n) is 9.09. The van der Waals surface area contributed by atoms with E-state index in [1.165, 1.54) is 23.1 Å². The molecule has 2 heterocycles. The summed E-state index contributed by atoms with van der Waals surface area (Å²) in [6, 6.07) is 16.9. The smallest absolute Gasteiger partial charge is 0.237 e. The summed E-state index contributed by atoms with van der Waals surface area (Å²) in [5, 5.41) is 15.0. The number of carbonyl (C=O) groups is 2. The van der Waals surface area contributed by atoms with Crippen LogP contribution in [0, 0.1) is 0 Å². The van der Waals surface area contributed by atoms with Crippen molar-refractivity contribution in [1.82, 2.24) is 10.2 Å². The molecule has 3 aromatic rings. The Morgan fingerprint density at radius 2 is 1.97 bits per heavy atom. The molecular weight excluding hydrogens is 406 g/mol. The molecule has 0 unspecified atom stereocenters. The van der Waals surface area contributed by atoms with Gasteiger partial charge in [-0.15, -0.1) is 10.2 Å². The molecule has 2 aromatic carbocycles. The Morgan fingerprint density at radius 3 is 2.79 bits per heavy atom. The summed E-state index contributed by atoms with van der Waals surface area (Å²) < 4.78 is 0.710. The molecule has 2 N–H and O–H groups in total. The quantitative estimate of drug-likeness (QED) is 0.598. The van der Waals surface area contributed by atoms with Crippen LogP contribution in [0.5, 0.6) is 0 Å². The van der Waals surface area contributed by atoms with Crippen molar-refractivity contribution in [2.75, 3.05) is 21.3 Å². The Labute approximate surface area is 176 Å². The molecule has 9 heteroatoms. The third-order valence-electron chi connectivity index (χ3n) is 4.38. The van der Waals surface area contributed by atoms with Crippen molar-refractivity contribution in [2.45, 2.75) is 23.7 Å². The summed E-state index contributed by atoms with van der Waals surface area (Å²) in [5.74, 6) is 0.0557. The first kappa shape index (κ1) is 19.4. The highest BCUT2D eigenvalue weighted by Gasteiger charge is 2.29. The molecule has 1 aromatic heterocycles. The van der Waals surface area contributed by atoms with E-state index in [-0.39, 0.29) is 30.0 Å². The van der Waals surface area contributed by atoms with Crippen LogP contribution in [0.3, 0.4) is 0 Å². The minimum absolute atomic E-state index is 0.0702. The molecule has 0 radical (unpaired) electrons. The number of benzene rings is 2. The third kappa shape index (κ3) is 4.57. The van der Waals surface area contributed by atoms with Gasteiger partial charge in [-0.2, -0.15) is 0 Å². The van der Waals surface area contributed by atoms with Crippen LogP contribution in [-0.4, -0.2) is 33.8 Å². The van der Waals surface area contributed by atoms with Gasteiger partial charge in [0.2, 0.25) is 16.9 Å². The van der Waals surface area contributed by atoms with Gasteiger partial charge in [-0.25, -0.2) is 0 Å². The number of anilines is 4. The summed E-state index contributed by atoms with van der Waals surface area (Å²) in [5.41, 5.74) is 2.31. The topological polar surface area (TPSA) is 87.2 Å². The standard InChI is InChI=1S/C20H19N5O2S2/c1-13-11-17(26)22-15-9-5-6-10-16(15)25(13)18(27)12-28-20-24-23-19(29-20)21-14-7-3-2-4-8-14/h2-10,13H,11-12H2,1H3,(H,21,23)(H,22,26)/t13-/m0/s1. The highest BCUT2D eigenvalue weighted by atomic mass is 32.2. The lowest BCUT2D eigenvalue weighted by molar-refractivity contribution is -0.117. The van der Waals surface area contributed by atoms with Crippen molar-refractivity contribution in [3.8, 4) is 0 Å². The van der Waals surface area contributed by atoms with E-state index in [1.807, 2.05) is 61.5 Å². The van der Waals surface area contributed by atoms with Crippen LogP contribution >= 0.6 is 23.1 Å². The van der Waals surface area contributed by atoms with E-state index >= 15 is 0 Å². The molecule has 0 aliphatic carbocycles. The first-order valence-corrected chi connectivity index (χ1v) is 10.9. The van der Waals surface area contributed by atoms with Crippen molar-refractivity contribution < 1.29 is 9.59 Å². The van der Waals surface area contributed by atoms with Gasteiger partial charge in [0.15, 0.2) is 4.34 Å². The summed E-state index contributed by atoms with van der Waals surface area (Å²) in [6.07, 6.45) is 0.259. The monoisotopic (exact) mass is 425 g/mol. The Bertz CT molecular complexity index is 1020. The summed E-state index contributed by atoms with van der Waals surface area (Å²) >= 11 is 2.75. The number of thioether (sulfide) groups is 1. The van der Waals surface area contributed by atoms with Crippen LogP contribution in [0.1, 0.15) is 13.3 Å². The van der Waals surface area contributed by atoms with E-state index in [4.69, 9.17) is 0 Å². The molecular formula is C20H19N5O2S2. The fourth-order valence-corrected chi connectivity index (χ4v) is 4.76. The van der Waals surface area contributed by atoms with Crippen LogP contribution in [0.4, 0.5) is 22.2 Å². The lowest BCUT2D eigenvalue weighted by atomic mass is 10.2. The number of carbonyl (C=O) groups excluding carboxylic acids is 2. The molecule has 0 spiro atoms. The second kappa shape index (κ2) is 8.62. The van der Waals surface area contributed by atoms with Gasteiger partial charge >= 0.3 is 0 Å². The molecule has 4 rings (SSSR count). The summed E-state index contributed by atoms with van der Waals surface area (Å²) in [7, 11) is 0. The lowest BCUT2D eigenvalue weighted by Gasteiger charge is -2.27. The third-order valence-corrected chi connectivity index (χ3v) is 6.34. The average Bonchev–Trinajstić information content (AvgIpc) is 3.10. The van der Waals surface area contributed by atoms with Crippen molar-refractivity contribution >= 4 is 57.1 Å². The molecule has 1 aliphatic heterocycles. The predicted octanol–water partition coefficient (Wildman–Crippen LogP) is 4.14. The second-order valence-corrected chi connectivity index (χ2v) is 8.74. The van der Waals surface area contributed by atoms with Gasteiger partial charge in [0.25, 0.3) is 0 Å². The van der Waals surface area contributed by atoms with Crippen LogP contribution < -0.4 is 15.5 Å². The summed E-state index contributed by atoms with van der Waals surface area (Å²) in [6.45, 7) is 1.89. The maximum Gasteiger partial charge on any atom is 0.237 e. The molecule has 7 nitrogen and oxygen atoms in total. The Kier molecular flexibility index (Phi) is 5.77. The minimum Gasteiger partial charge on any atom is -0.330 e. The Balaban J connectivity index is 1.44. The Morgan fingerprint density at radius 1 is 1.21 bits per heavy atom. The number of hydrogen-bond acceptors (Lipinski definition) is 7. The highest BCUT2D eigenvalue weighted by molar-refractivity contribution is 8.01. The maximum absolute atomic E-state index is 13.0. The Hall–Kier alpha value is -2.91. The van der Waals surface area contributed by atoms with Gasteiger partial charge < -0.3 is 15.5 Å². The van der Waals surface area contributed by atoms with Gasteiger partial charge in [0.1, 0.15) is 0 Å². The molecule has 29 heavy (non-hydrogen) atoms. The zero-order chi connectivity index (χ0) is 20.2. The van der Waals surface area contributed by atoms with Crippen molar-refractivity contribution in [3.63, 3.8) is 0 Å². The van der Waals surface area contributed by atoms with Gasteiger partial charge in [0.05, 0.1) is 17.1 Å². The lowest BCUT2D eigenvalue weighted by Crippen LogP contribution is -2.40. The summed E-state index contributed by atoms with van der Waals surface area (Å²) in [4.78, 5) is 26.8. The number of rotatable bonds is 5. The van der Waals surface area contributed by atoms with Gasteiger partial charge in [-0.05, 0) is 31.2 Å². The van der Waals surface area contributed by atoms with Crippen molar-refractivity contribution in [1.29, 1.82) is 0 Å². The molecule has 0 saturated heterocycles. The second-order valence-electron chi connectivity index (χ2n) is 6.54. The van der Waals surface area contributed by atoms with Gasteiger partial charge in [0, 0.05) is 18.2 Å². The minimum atomic E-state index is -0.225. The predicted molar refractivity (Wildman–Crippen MR) is 117 cm³/mol. The van der Waals surface area contributed by atoms with Crippen LogP contribution in [0.25, 0.3) is 0 Å². The molecule has 1 atom stereocenters. The van der Waals surface area contributed by atoms with E-state index in [9.17, 15) is 9.59 Å². The zero-order valence-electron chi connectivity index (χ0n) is 15.7. The van der Waals surface area contributed by atoms with Crippen LogP contribution in [-0.2, 0) is 9.59 Å². The van der Waals surface area contributed by atoms with E-state index < -0.39 is 0 Å². The molecule has 148 valence electrons. The normalized spacial score (nSPS) is 16.0. The number of nitrogens with zero attached hydrogens (tertiary/aromatic N) is 3. The van der Waals surface area contributed by atoms with Gasteiger partial charge in [-0.3, -0.25) is 9.59 Å². The molecule has 2 amide bonds. The fraction of sp³-hybridized carbons (Fsp3) is 0.200. The number of fused-ring (bicyclic) bond motifs is 1. The van der Waals surface area contributed by atoms with E-state index in [2.05, 4.69) is 20.8 Å². The number of aromatic nitrogens is 2. The molecule has 1 aliphatic rings. The van der Waals surface area contributed by atoms with Crippen LogP contribution in [0.2, 0.25) is 0 Å². The molecule has 0 fully saturated rings. The van der Waals surface area contributed by atoms with Crippen molar-refractivity contribution in [2.24, 2.45) is 0 Å². The van der Waals surface area contributed by atoms with E-state index in [0.29, 0.717) is 15.2 Å². The molecule has 0 bridgehead atoms.